The molecule has 1 atom stereocenters. The van der Waals surface area contributed by atoms with Gasteiger partial charge in [0.2, 0.25) is 5.43 Å². The molecule has 2 heterocycles. The van der Waals surface area contributed by atoms with Gasteiger partial charge in [0, 0.05) is 24.7 Å². The number of amidine groups is 1. The maximum Gasteiger partial charge on any atom is 0.416 e. The molecule has 4 aromatic rings. The predicted molar refractivity (Wildman–Crippen MR) is 163 cm³/mol. The summed E-state index contributed by atoms with van der Waals surface area (Å²) in [6.45, 7) is 6.38. The third kappa shape index (κ3) is 6.45. The van der Waals surface area contributed by atoms with Gasteiger partial charge >= 0.3 is 12.1 Å². The van der Waals surface area contributed by atoms with Crippen LogP contribution in [0.15, 0.2) is 76.8 Å². The van der Waals surface area contributed by atoms with Gasteiger partial charge in [-0.05, 0) is 68.3 Å². The van der Waals surface area contributed by atoms with E-state index in [4.69, 9.17) is 15.3 Å². The summed E-state index contributed by atoms with van der Waals surface area (Å²) in [6, 6.07) is 11.7. The average Bonchev–Trinajstić information content (AvgIpc) is 3.03. The van der Waals surface area contributed by atoms with E-state index < -0.39 is 52.1 Å². The van der Waals surface area contributed by atoms with Gasteiger partial charge < -0.3 is 24.8 Å². The van der Waals surface area contributed by atoms with Crippen LogP contribution in [-0.4, -0.2) is 42.7 Å². The monoisotopic (exact) mass is 642 g/mol. The van der Waals surface area contributed by atoms with E-state index in [2.05, 4.69) is 5.16 Å². The summed E-state index contributed by atoms with van der Waals surface area (Å²) in [6.07, 6.45) is -3.18. The Morgan fingerprint density at radius 2 is 1.59 bits per heavy atom. The molecule has 1 unspecified atom stereocenters. The SMILES string of the molecule is CC(c1ccc(C(F)(F)F)cc1)n1cc(/C(N)=N/OC(=O)C(C)(C)c2ccc(F)cc2)c(=O)c2cc(F)c(N3CCOCC3)cc21. The van der Waals surface area contributed by atoms with E-state index >= 15 is 4.39 Å². The molecule has 0 spiro atoms. The first-order valence-corrected chi connectivity index (χ1v) is 14.4. The van der Waals surface area contributed by atoms with Gasteiger partial charge in [0.05, 0.1) is 47.0 Å². The Hall–Kier alpha value is -4.78. The van der Waals surface area contributed by atoms with Crippen LogP contribution in [0.25, 0.3) is 10.9 Å². The maximum atomic E-state index is 15.5. The molecule has 46 heavy (non-hydrogen) atoms. The average molecular weight is 643 g/mol. The number of nitrogens with two attached hydrogens (primary N) is 1. The van der Waals surface area contributed by atoms with Gasteiger partial charge in [-0.1, -0.05) is 29.4 Å². The molecule has 1 saturated heterocycles. The fourth-order valence-corrected chi connectivity index (χ4v) is 5.26. The van der Waals surface area contributed by atoms with Crippen molar-refractivity contribution in [2.75, 3.05) is 31.2 Å². The number of benzene rings is 3. The van der Waals surface area contributed by atoms with Gasteiger partial charge in [-0.2, -0.15) is 13.2 Å². The molecular formula is C33H31F5N4O4. The van der Waals surface area contributed by atoms with Crippen molar-refractivity contribution in [2.24, 2.45) is 10.9 Å². The van der Waals surface area contributed by atoms with Crippen LogP contribution in [0.5, 0.6) is 0 Å². The number of fused-ring (bicyclic) bond motifs is 1. The topological polar surface area (TPSA) is 99.2 Å². The standard InChI is InChI=1S/C33H31F5N4O4/c1-19(20-4-6-22(7-5-20)33(36,37)38)42-18-25(30(39)40-46-31(44)32(2,3)21-8-10-23(34)11-9-21)29(43)24-16-26(35)28(17-27(24)42)41-12-14-45-15-13-41/h4-11,16-19H,12-15H2,1-3H3,(H2,39,40). The fraction of sp³-hybridized carbons (Fsp3) is 0.303. The van der Waals surface area contributed by atoms with Gasteiger partial charge in [-0.15, -0.1) is 0 Å². The van der Waals surface area contributed by atoms with Gasteiger partial charge in [0.1, 0.15) is 11.6 Å². The fourth-order valence-electron chi connectivity index (χ4n) is 5.26. The lowest BCUT2D eigenvalue weighted by molar-refractivity contribution is -0.149. The van der Waals surface area contributed by atoms with Gasteiger partial charge in [-0.25, -0.2) is 13.6 Å². The molecular weight excluding hydrogens is 611 g/mol. The second-order valence-electron chi connectivity index (χ2n) is 11.5. The van der Waals surface area contributed by atoms with Crippen LogP contribution in [0.4, 0.5) is 27.6 Å². The molecule has 0 bridgehead atoms. The van der Waals surface area contributed by atoms with Crippen molar-refractivity contribution in [3.8, 4) is 0 Å². The minimum atomic E-state index is -4.53. The number of hydrogen-bond acceptors (Lipinski definition) is 6. The van der Waals surface area contributed by atoms with Crippen LogP contribution in [-0.2, 0) is 26.0 Å². The minimum absolute atomic E-state index is 0.0677. The highest BCUT2D eigenvalue weighted by Crippen LogP contribution is 2.33. The summed E-state index contributed by atoms with van der Waals surface area (Å²) < 4.78 is 75.6. The number of morpholine rings is 1. The number of carbonyl (C=O) groups is 1. The molecule has 0 aliphatic carbocycles. The molecule has 3 aromatic carbocycles. The second kappa shape index (κ2) is 12.5. The van der Waals surface area contributed by atoms with E-state index in [9.17, 15) is 27.2 Å². The number of nitrogens with zero attached hydrogens (tertiary/aromatic N) is 3. The quantitative estimate of drug-likeness (QED) is 0.0889. The van der Waals surface area contributed by atoms with Gasteiger partial charge in [0.25, 0.3) is 0 Å². The summed E-state index contributed by atoms with van der Waals surface area (Å²) in [4.78, 5) is 33.6. The molecule has 2 N–H and O–H groups in total. The number of hydrogen-bond donors (Lipinski definition) is 1. The predicted octanol–water partition coefficient (Wildman–Crippen LogP) is 5.89. The number of ether oxygens (including phenoxy) is 1. The Kier molecular flexibility index (Phi) is 8.89. The number of carbonyl (C=O) groups excluding carboxylic acids is 1. The number of alkyl halides is 3. The van der Waals surface area contributed by atoms with Crippen LogP contribution in [0.2, 0.25) is 0 Å². The Balaban J connectivity index is 1.59. The van der Waals surface area contributed by atoms with Crippen molar-refractivity contribution >= 4 is 28.4 Å². The highest BCUT2D eigenvalue weighted by atomic mass is 19.4. The van der Waals surface area contributed by atoms with Crippen LogP contribution in [0, 0.1) is 11.6 Å². The third-order valence-electron chi connectivity index (χ3n) is 8.17. The Bertz CT molecular complexity index is 1850. The normalized spacial score (nSPS) is 15.2. The summed E-state index contributed by atoms with van der Waals surface area (Å²) in [5.41, 5.74) is 4.58. The molecule has 1 fully saturated rings. The number of halogens is 5. The van der Waals surface area contributed by atoms with Crippen molar-refractivity contribution in [1.29, 1.82) is 0 Å². The number of pyridine rings is 1. The first kappa shape index (κ1) is 32.6. The van der Waals surface area contributed by atoms with E-state index in [-0.39, 0.29) is 16.6 Å². The van der Waals surface area contributed by atoms with E-state index in [1.54, 1.807) is 16.4 Å². The molecule has 242 valence electrons. The first-order valence-electron chi connectivity index (χ1n) is 14.4. The van der Waals surface area contributed by atoms with Gasteiger partial charge in [-0.3, -0.25) is 4.79 Å². The van der Waals surface area contributed by atoms with Crippen LogP contribution < -0.4 is 16.1 Å². The zero-order valence-corrected chi connectivity index (χ0v) is 25.2. The molecule has 5 rings (SSSR count). The molecule has 0 amide bonds. The zero-order chi connectivity index (χ0) is 33.4. The van der Waals surface area contributed by atoms with Crippen LogP contribution in [0.1, 0.15) is 49.1 Å². The second-order valence-corrected chi connectivity index (χ2v) is 11.5. The Morgan fingerprint density at radius 3 is 2.20 bits per heavy atom. The highest BCUT2D eigenvalue weighted by molar-refractivity contribution is 6.00. The molecule has 1 aliphatic heterocycles. The lowest BCUT2D eigenvalue weighted by Gasteiger charge is -2.30. The first-order chi connectivity index (χ1) is 21.7. The highest BCUT2D eigenvalue weighted by Gasteiger charge is 2.33. The molecule has 8 nitrogen and oxygen atoms in total. The summed E-state index contributed by atoms with van der Waals surface area (Å²) in [7, 11) is 0. The maximum absolute atomic E-state index is 15.5. The van der Waals surface area contributed by atoms with E-state index in [0.717, 1.165) is 18.2 Å². The number of anilines is 1. The zero-order valence-electron chi connectivity index (χ0n) is 25.2. The van der Waals surface area contributed by atoms with E-state index in [1.165, 1.54) is 62.5 Å². The number of rotatable bonds is 7. The van der Waals surface area contributed by atoms with Crippen LogP contribution in [0.3, 0.4) is 0 Å². The smallest absolute Gasteiger partial charge is 0.380 e. The molecule has 1 aliphatic rings. The van der Waals surface area contributed by atoms with Crippen molar-refractivity contribution in [1.82, 2.24) is 4.57 Å². The largest absolute Gasteiger partial charge is 0.416 e. The third-order valence-corrected chi connectivity index (χ3v) is 8.17. The summed E-state index contributed by atoms with van der Waals surface area (Å²) in [5, 5.41) is 3.65. The van der Waals surface area contributed by atoms with Crippen molar-refractivity contribution < 1.29 is 36.3 Å². The molecule has 0 radical (unpaired) electrons. The summed E-state index contributed by atoms with van der Waals surface area (Å²) in [5.74, 6) is -2.48. The molecule has 1 aromatic heterocycles. The Morgan fingerprint density at radius 1 is 0.978 bits per heavy atom. The lowest BCUT2D eigenvalue weighted by Crippen LogP contribution is -2.37. The van der Waals surface area contributed by atoms with Crippen molar-refractivity contribution in [3.63, 3.8) is 0 Å². The van der Waals surface area contributed by atoms with E-state index in [0.29, 0.717) is 42.9 Å². The lowest BCUT2D eigenvalue weighted by atomic mass is 9.85. The molecule has 13 heteroatoms. The Labute approximate surface area is 260 Å². The van der Waals surface area contributed by atoms with Crippen LogP contribution >= 0.6 is 0 Å². The van der Waals surface area contributed by atoms with Crippen molar-refractivity contribution in [2.45, 2.75) is 38.4 Å². The van der Waals surface area contributed by atoms with E-state index in [1.807, 2.05) is 0 Å². The van der Waals surface area contributed by atoms with Crippen molar-refractivity contribution in [3.05, 3.63) is 111 Å². The van der Waals surface area contributed by atoms with Gasteiger partial charge in [0.15, 0.2) is 5.84 Å². The number of oxime groups is 1. The minimum Gasteiger partial charge on any atom is -0.380 e. The summed E-state index contributed by atoms with van der Waals surface area (Å²) >= 11 is 0. The number of aromatic nitrogens is 1. The molecule has 0 saturated carbocycles.